The Morgan fingerprint density at radius 1 is 1.21 bits per heavy atom. The van der Waals surface area contributed by atoms with Crippen molar-refractivity contribution in [2.75, 3.05) is 0 Å². The van der Waals surface area contributed by atoms with Gasteiger partial charge in [-0.15, -0.1) is 0 Å². The summed E-state index contributed by atoms with van der Waals surface area (Å²) in [5, 5.41) is 5.88. The molecule has 1 fully saturated rings. The number of nitrogens with zero attached hydrogens (tertiary/aromatic N) is 1. The summed E-state index contributed by atoms with van der Waals surface area (Å²) in [5.74, 6) is 0.0621. The van der Waals surface area contributed by atoms with Gasteiger partial charge in [0.1, 0.15) is 0 Å². The number of thioether (sulfide) groups is 1. The maximum Gasteiger partial charge on any atom is 0.239 e. The summed E-state index contributed by atoms with van der Waals surface area (Å²) >= 11 is 1.51. The van der Waals surface area contributed by atoms with Crippen LogP contribution in [0.4, 0.5) is 5.69 Å². The van der Waals surface area contributed by atoms with E-state index < -0.39 is 0 Å². The van der Waals surface area contributed by atoms with Crippen molar-refractivity contribution in [1.82, 2.24) is 5.32 Å². The van der Waals surface area contributed by atoms with Crippen molar-refractivity contribution in [2.24, 2.45) is 4.99 Å². The van der Waals surface area contributed by atoms with Crippen molar-refractivity contribution in [1.29, 1.82) is 0 Å². The van der Waals surface area contributed by atoms with Crippen LogP contribution in [0.1, 0.15) is 13.3 Å². The summed E-state index contributed by atoms with van der Waals surface area (Å²) in [6, 6.07) is 14.2. The third kappa shape index (κ3) is 2.49. The smallest absolute Gasteiger partial charge is 0.239 e. The fourth-order valence-electron chi connectivity index (χ4n) is 2.09. The fourth-order valence-corrected chi connectivity index (χ4v) is 3.01. The molecule has 0 saturated carbocycles. The summed E-state index contributed by atoms with van der Waals surface area (Å²) in [6.45, 7) is 2.01. The molecule has 4 heteroatoms. The molecule has 2 aromatic carbocycles. The third-order valence-electron chi connectivity index (χ3n) is 3.11. The first kappa shape index (κ1) is 12.2. The van der Waals surface area contributed by atoms with Crippen molar-refractivity contribution in [2.45, 2.75) is 18.6 Å². The maximum absolute atomic E-state index is 11.6. The molecule has 1 heterocycles. The molecular weight excluding hydrogens is 256 g/mol. The van der Waals surface area contributed by atoms with E-state index in [4.69, 9.17) is 0 Å². The molecule has 3 nitrogen and oxygen atoms in total. The zero-order valence-corrected chi connectivity index (χ0v) is 11.4. The second kappa shape index (κ2) is 5.05. The summed E-state index contributed by atoms with van der Waals surface area (Å²) in [6.07, 6.45) is 0.827. The Labute approximate surface area is 116 Å². The number of rotatable bonds is 2. The number of nitrogens with one attached hydrogen (secondary N) is 1. The molecular formula is C15H14N2OS. The van der Waals surface area contributed by atoms with E-state index in [1.54, 1.807) is 0 Å². The number of carbonyl (C=O) groups is 1. The molecule has 0 radical (unpaired) electrons. The lowest BCUT2D eigenvalue weighted by atomic mass is 10.1. The molecule has 1 atom stereocenters. The Hall–Kier alpha value is -1.81. The van der Waals surface area contributed by atoms with Crippen LogP contribution in [0.25, 0.3) is 10.8 Å². The van der Waals surface area contributed by atoms with Crippen molar-refractivity contribution < 1.29 is 4.79 Å². The highest BCUT2D eigenvalue weighted by Crippen LogP contribution is 2.26. The number of fused-ring (bicyclic) bond motifs is 1. The number of amidine groups is 1. The first-order chi connectivity index (χ1) is 9.26. The standard InChI is InChI=1S/C15H14N2OS/c1-2-13-14(18)17-15(19-13)16-12-8-7-10-5-3-4-6-11(10)9-12/h3-9,13H,2H2,1H3,(H,16,17,18). The van der Waals surface area contributed by atoms with Crippen LogP contribution >= 0.6 is 11.8 Å². The number of amides is 1. The van der Waals surface area contributed by atoms with Gasteiger partial charge in [-0.3, -0.25) is 4.79 Å². The van der Waals surface area contributed by atoms with E-state index in [0.29, 0.717) is 5.17 Å². The van der Waals surface area contributed by atoms with Gasteiger partial charge >= 0.3 is 0 Å². The first-order valence-electron chi connectivity index (χ1n) is 6.31. The van der Waals surface area contributed by atoms with E-state index in [-0.39, 0.29) is 11.2 Å². The Bertz CT molecular complexity index is 666. The van der Waals surface area contributed by atoms with Gasteiger partial charge in [-0.25, -0.2) is 4.99 Å². The molecule has 19 heavy (non-hydrogen) atoms. The highest BCUT2D eigenvalue weighted by atomic mass is 32.2. The number of carbonyl (C=O) groups excluding carboxylic acids is 1. The second-order valence-corrected chi connectivity index (χ2v) is 5.64. The minimum absolute atomic E-state index is 0.000735. The molecule has 96 valence electrons. The number of aliphatic imine (C=N–C) groups is 1. The molecule has 1 unspecified atom stereocenters. The predicted molar refractivity (Wildman–Crippen MR) is 80.9 cm³/mol. The zero-order valence-electron chi connectivity index (χ0n) is 10.6. The lowest BCUT2D eigenvalue weighted by Gasteiger charge is -2.00. The van der Waals surface area contributed by atoms with Crippen LogP contribution in [0.15, 0.2) is 47.5 Å². The van der Waals surface area contributed by atoms with Gasteiger partial charge in [0.05, 0.1) is 10.9 Å². The molecule has 0 aliphatic carbocycles. The number of benzene rings is 2. The normalized spacial score (nSPS) is 21.0. The van der Waals surface area contributed by atoms with E-state index in [1.807, 2.05) is 37.3 Å². The van der Waals surface area contributed by atoms with Crippen LogP contribution in [0.5, 0.6) is 0 Å². The van der Waals surface area contributed by atoms with Gasteiger partial charge in [0.15, 0.2) is 5.17 Å². The Morgan fingerprint density at radius 2 is 2.00 bits per heavy atom. The molecule has 1 aliphatic heterocycles. The zero-order chi connectivity index (χ0) is 13.2. The summed E-state index contributed by atoms with van der Waals surface area (Å²) in [5.41, 5.74) is 0.873. The molecule has 0 spiro atoms. The number of hydrogen-bond donors (Lipinski definition) is 1. The van der Waals surface area contributed by atoms with Gasteiger partial charge in [0, 0.05) is 0 Å². The van der Waals surface area contributed by atoms with E-state index in [2.05, 4.69) is 22.4 Å². The summed E-state index contributed by atoms with van der Waals surface area (Å²) < 4.78 is 0. The highest BCUT2D eigenvalue weighted by Gasteiger charge is 2.28. The minimum atomic E-state index is -0.000735. The highest BCUT2D eigenvalue weighted by molar-refractivity contribution is 8.15. The molecule has 1 saturated heterocycles. The topological polar surface area (TPSA) is 41.5 Å². The van der Waals surface area contributed by atoms with Crippen LogP contribution < -0.4 is 5.32 Å². The molecule has 1 N–H and O–H groups in total. The quantitative estimate of drug-likeness (QED) is 0.907. The Morgan fingerprint density at radius 3 is 2.74 bits per heavy atom. The van der Waals surface area contributed by atoms with E-state index in [0.717, 1.165) is 17.5 Å². The Kier molecular flexibility index (Phi) is 3.25. The van der Waals surface area contributed by atoms with E-state index in [1.165, 1.54) is 17.1 Å². The van der Waals surface area contributed by atoms with Crippen LogP contribution in [0.2, 0.25) is 0 Å². The summed E-state index contributed by atoms with van der Waals surface area (Å²) in [7, 11) is 0. The third-order valence-corrected chi connectivity index (χ3v) is 4.36. The van der Waals surface area contributed by atoms with Gasteiger partial charge in [-0.2, -0.15) is 0 Å². The minimum Gasteiger partial charge on any atom is -0.304 e. The van der Waals surface area contributed by atoms with E-state index >= 15 is 0 Å². The van der Waals surface area contributed by atoms with Gasteiger partial charge < -0.3 is 5.32 Å². The van der Waals surface area contributed by atoms with Gasteiger partial charge in [0.2, 0.25) is 5.91 Å². The van der Waals surface area contributed by atoms with Crippen molar-refractivity contribution in [3.63, 3.8) is 0 Å². The molecule has 0 bridgehead atoms. The first-order valence-corrected chi connectivity index (χ1v) is 7.19. The lowest BCUT2D eigenvalue weighted by Crippen LogP contribution is -2.24. The maximum atomic E-state index is 11.6. The fraction of sp³-hybridized carbons (Fsp3) is 0.200. The van der Waals surface area contributed by atoms with Crippen LogP contribution in [0.3, 0.4) is 0 Å². The molecule has 1 amide bonds. The Balaban J connectivity index is 1.91. The van der Waals surface area contributed by atoms with E-state index in [9.17, 15) is 4.79 Å². The van der Waals surface area contributed by atoms with Crippen LogP contribution in [-0.4, -0.2) is 16.3 Å². The molecule has 1 aliphatic rings. The average molecular weight is 270 g/mol. The predicted octanol–water partition coefficient (Wildman–Crippen LogP) is 3.47. The van der Waals surface area contributed by atoms with Gasteiger partial charge in [-0.05, 0) is 29.3 Å². The van der Waals surface area contributed by atoms with Crippen molar-refractivity contribution >= 4 is 39.3 Å². The average Bonchev–Trinajstić information content (AvgIpc) is 2.78. The van der Waals surface area contributed by atoms with Gasteiger partial charge in [-0.1, -0.05) is 49.0 Å². The number of hydrogen-bond acceptors (Lipinski definition) is 3. The largest absolute Gasteiger partial charge is 0.304 e. The SMILES string of the molecule is CCC1SC(=Nc2ccc3ccccc3c2)NC1=O. The van der Waals surface area contributed by atoms with Gasteiger partial charge in [0.25, 0.3) is 0 Å². The van der Waals surface area contributed by atoms with Crippen LogP contribution in [-0.2, 0) is 4.79 Å². The monoisotopic (exact) mass is 270 g/mol. The molecule has 3 rings (SSSR count). The van der Waals surface area contributed by atoms with Crippen LogP contribution in [0, 0.1) is 0 Å². The molecule has 2 aromatic rings. The molecule has 0 aromatic heterocycles. The lowest BCUT2D eigenvalue weighted by molar-refractivity contribution is -0.118. The van der Waals surface area contributed by atoms with Crippen molar-refractivity contribution in [3.05, 3.63) is 42.5 Å². The summed E-state index contributed by atoms with van der Waals surface area (Å²) in [4.78, 5) is 16.1. The van der Waals surface area contributed by atoms with Crippen molar-refractivity contribution in [3.8, 4) is 0 Å². The second-order valence-electron chi connectivity index (χ2n) is 4.45.